The van der Waals surface area contributed by atoms with Crippen LogP contribution in [0.15, 0.2) is 41.3 Å². The molecule has 0 saturated heterocycles. The summed E-state index contributed by atoms with van der Waals surface area (Å²) in [7, 11) is 0. The van der Waals surface area contributed by atoms with Gasteiger partial charge in [-0.3, -0.25) is 9.59 Å². The van der Waals surface area contributed by atoms with Crippen molar-refractivity contribution in [2.24, 2.45) is 0 Å². The normalized spacial score (nSPS) is 10.8. The first-order valence-electron chi connectivity index (χ1n) is 9.35. The number of fused-ring (bicyclic) bond motifs is 1. The van der Waals surface area contributed by atoms with E-state index in [4.69, 9.17) is 4.74 Å². The van der Waals surface area contributed by atoms with Crippen LogP contribution in [0.4, 0.5) is 5.69 Å². The molecule has 7 heteroatoms. The number of aromatic nitrogens is 2. The number of nitrogens with zero attached hydrogens (tertiary/aromatic N) is 2. The van der Waals surface area contributed by atoms with E-state index in [1.54, 1.807) is 26.0 Å². The number of amides is 1. The van der Waals surface area contributed by atoms with Gasteiger partial charge < -0.3 is 14.6 Å². The number of carbonyl (C=O) groups excluding carboxylic acids is 2. The smallest absolute Gasteiger partial charge is 0.343 e. The van der Waals surface area contributed by atoms with Gasteiger partial charge in [0.05, 0.1) is 12.0 Å². The molecular formula is C22H23N3O4. The van der Waals surface area contributed by atoms with Crippen molar-refractivity contribution in [1.82, 2.24) is 9.55 Å². The molecule has 0 unspecified atom stereocenters. The van der Waals surface area contributed by atoms with Crippen LogP contribution >= 0.6 is 0 Å². The lowest BCUT2D eigenvalue weighted by Gasteiger charge is -2.13. The molecule has 3 aromatic rings. The SMILES string of the molecule is CCOC(=O)c1cn(CC(=O)Nc2ccc(C)c(C)c2)c2nc(C)ccc2c1=O. The van der Waals surface area contributed by atoms with Gasteiger partial charge in [0.15, 0.2) is 0 Å². The van der Waals surface area contributed by atoms with Crippen LogP contribution in [-0.4, -0.2) is 28.0 Å². The average Bonchev–Trinajstić information content (AvgIpc) is 2.67. The Bertz CT molecular complexity index is 1160. The summed E-state index contributed by atoms with van der Waals surface area (Å²) < 4.78 is 6.49. The fraction of sp³-hybridized carbons (Fsp3) is 0.273. The van der Waals surface area contributed by atoms with Crippen LogP contribution in [0.2, 0.25) is 0 Å². The number of anilines is 1. The Kier molecular flexibility index (Phi) is 5.77. The fourth-order valence-electron chi connectivity index (χ4n) is 3.01. The lowest BCUT2D eigenvalue weighted by atomic mass is 10.1. The predicted octanol–water partition coefficient (Wildman–Crippen LogP) is 3.14. The zero-order valence-electron chi connectivity index (χ0n) is 16.9. The van der Waals surface area contributed by atoms with Crippen molar-refractivity contribution in [3.63, 3.8) is 0 Å². The zero-order valence-corrected chi connectivity index (χ0v) is 16.9. The molecule has 7 nitrogen and oxygen atoms in total. The molecule has 1 N–H and O–H groups in total. The van der Waals surface area contributed by atoms with Gasteiger partial charge in [-0.2, -0.15) is 0 Å². The van der Waals surface area contributed by atoms with Crippen molar-refractivity contribution in [2.45, 2.75) is 34.2 Å². The van der Waals surface area contributed by atoms with E-state index in [9.17, 15) is 14.4 Å². The van der Waals surface area contributed by atoms with Gasteiger partial charge in [0.1, 0.15) is 17.8 Å². The van der Waals surface area contributed by atoms with Gasteiger partial charge in [0.25, 0.3) is 0 Å². The maximum atomic E-state index is 12.7. The maximum absolute atomic E-state index is 12.7. The molecule has 0 spiro atoms. The first-order valence-corrected chi connectivity index (χ1v) is 9.35. The molecular weight excluding hydrogens is 370 g/mol. The van der Waals surface area contributed by atoms with E-state index in [0.29, 0.717) is 17.0 Å². The van der Waals surface area contributed by atoms with Crippen LogP contribution in [-0.2, 0) is 16.1 Å². The molecule has 0 aliphatic rings. The predicted molar refractivity (Wildman–Crippen MR) is 111 cm³/mol. The number of rotatable bonds is 5. The van der Waals surface area contributed by atoms with Gasteiger partial charge in [0.2, 0.25) is 11.3 Å². The standard InChI is InChI=1S/C22H23N3O4/c1-5-29-22(28)18-11-25(21-17(20(18)27)9-7-15(4)23-21)12-19(26)24-16-8-6-13(2)14(3)10-16/h6-11H,5,12H2,1-4H3,(H,24,26). The van der Waals surface area contributed by atoms with E-state index < -0.39 is 11.4 Å². The number of benzene rings is 1. The molecule has 0 aliphatic heterocycles. The molecule has 0 fully saturated rings. The number of hydrogen-bond donors (Lipinski definition) is 1. The number of pyridine rings is 2. The molecule has 1 amide bonds. The van der Waals surface area contributed by atoms with E-state index in [-0.39, 0.29) is 30.0 Å². The third-order valence-corrected chi connectivity index (χ3v) is 4.66. The lowest BCUT2D eigenvalue weighted by molar-refractivity contribution is -0.116. The highest BCUT2D eigenvalue weighted by Gasteiger charge is 2.18. The first kappa shape index (κ1) is 20.3. The van der Waals surface area contributed by atoms with Crippen molar-refractivity contribution in [1.29, 1.82) is 0 Å². The van der Waals surface area contributed by atoms with E-state index in [0.717, 1.165) is 11.1 Å². The first-order chi connectivity index (χ1) is 13.8. The van der Waals surface area contributed by atoms with Gasteiger partial charge >= 0.3 is 5.97 Å². The summed E-state index contributed by atoms with van der Waals surface area (Å²) in [5.41, 5.74) is 3.34. The van der Waals surface area contributed by atoms with Gasteiger partial charge in [0, 0.05) is 17.6 Å². The molecule has 0 bridgehead atoms. The molecule has 150 valence electrons. The maximum Gasteiger partial charge on any atom is 0.343 e. The van der Waals surface area contributed by atoms with Crippen LogP contribution in [0.1, 0.15) is 34.1 Å². The molecule has 0 atom stereocenters. The van der Waals surface area contributed by atoms with Crippen LogP contribution in [0.3, 0.4) is 0 Å². The Morgan fingerprint density at radius 3 is 2.55 bits per heavy atom. The number of nitrogens with one attached hydrogen (secondary N) is 1. The van der Waals surface area contributed by atoms with Crippen molar-refractivity contribution in [3.05, 3.63) is 69.1 Å². The minimum Gasteiger partial charge on any atom is -0.462 e. The topological polar surface area (TPSA) is 90.3 Å². The minimum atomic E-state index is -0.719. The quantitative estimate of drug-likeness (QED) is 0.673. The number of esters is 1. The van der Waals surface area contributed by atoms with Gasteiger partial charge in [-0.15, -0.1) is 0 Å². The summed E-state index contributed by atoms with van der Waals surface area (Å²) in [6, 6.07) is 8.96. The Morgan fingerprint density at radius 2 is 1.86 bits per heavy atom. The Balaban J connectivity index is 2.00. The highest BCUT2D eigenvalue weighted by molar-refractivity contribution is 5.95. The summed E-state index contributed by atoms with van der Waals surface area (Å²) in [5, 5.41) is 3.11. The van der Waals surface area contributed by atoms with Crippen LogP contribution in [0.25, 0.3) is 11.0 Å². The monoisotopic (exact) mass is 393 g/mol. The van der Waals surface area contributed by atoms with Gasteiger partial charge in [-0.25, -0.2) is 9.78 Å². The second-order valence-corrected chi connectivity index (χ2v) is 6.89. The summed E-state index contributed by atoms with van der Waals surface area (Å²) in [5.74, 6) is -1.01. The second kappa shape index (κ2) is 8.26. The second-order valence-electron chi connectivity index (χ2n) is 6.89. The third-order valence-electron chi connectivity index (χ3n) is 4.66. The molecule has 1 aromatic carbocycles. The van der Waals surface area contributed by atoms with E-state index >= 15 is 0 Å². The van der Waals surface area contributed by atoms with Crippen LogP contribution in [0.5, 0.6) is 0 Å². The number of aryl methyl sites for hydroxylation is 3. The molecule has 2 heterocycles. The Morgan fingerprint density at radius 1 is 1.10 bits per heavy atom. The molecule has 3 rings (SSSR count). The Labute approximate surface area is 168 Å². The van der Waals surface area contributed by atoms with E-state index in [2.05, 4.69) is 10.3 Å². The highest BCUT2D eigenvalue weighted by atomic mass is 16.5. The largest absolute Gasteiger partial charge is 0.462 e. The summed E-state index contributed by atoms with van der Waals surface area (Å²) >= 11 is 0. The van der Waals surface area contributed by atoms with Crippen LogP contribution < -0.4 is 10.7 Å². The summed E-state index contributed by atoms with van der Waals surface area (Å²) in [4.78, 5) is 42.0. The Hall–Kier alpha value is -3.48. The molecule has 0 radical (unpaired) electrons. The summed E-state index contributed by atoms with van der Waals surface area (Å²) in [6.07, 6.45) is 1.34. The van der Waals surface area contributed by atoms with Crippen molar-refractivity contribution in [3.8, 4) is 0 Å². The number of hydrogen-bond acceptors (Lipinski definition) is 5. The lowest BCUT2D eigenvalue weighted by Crippen LogP contribution is -2.25. The highest BCUT2D eigenvalue weighted by Crippen LogP contribution is 2.15. The van der Waals surface area contributed by atoms with Gasteiger partial charge in [-0.05, 0) is 63.1 Å². The molecule has 29 heavy (non-hydrogen) atoms. The van der Waals surface area contributed by atoms with E-state index in [1.165, 1.54) is 10.8 Å². The molecule has 2 aromatic heterocycles. The zero-order chi connectivity index (χ0) is 21.1. The van der Waals surface area contributed by atoms with Gasteiger partial charge in [-0.1, -0.05) is 6.07 Å². The van der Waals surface area contributed by atoms with Crippen LogP contribution in [0, 0.1) is 20.8 Å². The third kappa shape index (κ3) is 4.34. The minimum absolute atomic E-state index is 0.105. The number of carbonyl (C=O) groups is 2. The average molecular weight is 393 g/mol. The summed E-state index contributed by atoms with van der Waals surface area (Å²) in [6.45, 7) is 7.47. The van der Waals surface area contributed by atoms with Crippen molar-refractivity contribution >= 4 is 28.6 Å². The fourth-order valence-corrected chi connectivity index (χ4v) is 3.01. The number of ether oxygens (including phenoxy) is 1. The van der Waals surface area contributed by atoms with Crippen molar-refractivity contribution in [2.75, 3.05) is 11.9 Å². The molecule has 0 saturated carbocycles. The van der Waals surface area contributed by atoms with Crippen molar-refractivity contribution < 1.29 is 14.3 Å². The molecule has 0 aliphatic carbocycles. The van der Waals surface area contributed by atoms with E-state index in [1.807, 2.05) is 32.0 Å².